The Morgan fingerprint density at radius 3 is 1.95 bits per heavy atom. The second-order valence-electron chi connectivity index (χ2n) is 12.9. The zero-order valence-electron chi connectivity index (χ0n) is 25.3. The first kappa shape index (κ1) is 30.9. The summed E-state index contributed by atoms with van der Waals surface area (Å²) in [6.07, 6.45) is 1.83. The smallest absolute Gasteiger partial charge is 0.127 e. The van der Waals surface area contributed by atoms with E-state index in [0.29, 0.717) is 0 Å². The van der Waals surface area contributed by atoms with E-state index in [2.05, 4.69) is 101 Å². The van der Waals surface area contributed by atoms with Crippen LogP contribution in [0, 0.1) is 6.07 Å². The Kier molecular flexibility index (Phi) is 8.49. The minimum absolute atomic E-state index is 0. The predicted molar refractivity (Wildman–Crippen MR) is 177 cm³/mol. The zero-order chi connectivity index (χ0) is 29.6. The molecule has 0 aliphatic rings. The Bertz CT molecular complexity index is 1880. The number of rotatable bonds is 4. The Balaban J connectivity index is 0.00000368. The molecular weight excluding hydrogens is 728 g/mol. The second-order valence-corrected chi connectivity index (χ2v) is 13.9. The third-order valence-electron chi connectivity index (χ3n) is 7.65. The van der Waals surface area contributed by atoms with Gasteiger partial charge in [0.2, 0.25) is 0 Å². The first-order valence-electron chi connectivity index (χ1n) is 14.3. The van der Waals surface area contributed by atoms with Gasteiger partial charge in [0.1, 0.15) is 10.8 Å². The quantitative estimate of drug-likeness (QED) is 0.182. The standard InChI is InChI=1S/C38H35N2OS.Pt/c1-37(2,3)28-21-25(22-29(23-28)38(4,5)6)24-18-26(20-27(19-24)32-14-9-10-17-39-32)30-13-11-16-34-35(30)40-36(42-34)31-12-7-8-15-33(31)41;/h7-19,21-23,41H,1-6H3;/q-1;. The van der Waals surface area contributed by atoms with Crippen LogP contribution in [-0.2, 0) is 31.9 Å². The monoisotopic (exact) mass is 762 g/mol. The van der Waals surface area contributed by atoms with E-state index in [4.69, 9.17) is 4.98 Å². The Morgan fingerprint density at radius 2 is 1.30 bits per heavy atom. The van der Waals surface area contributed by atoms with Crippen molar-refractivity contribution in [3.05, 3.63) is 114 Å². The Labute approximate surface area is 273 Å². The SMILES string of the molecule is CC(C)(C)c1cc(-c2cc(-c3ccccn3)[c-]c(-c3cccc4sc(-c5ccccc5O)nc34)c2)cc(C(C)(C)C)c1.[Pt]. The van der Waals surface area contributed by atoms with E-state index in [0.717, 1.165) is 48.7 Å². The molecule has 0 saturated heterocycles. The number of thiazole rings is 1. The molecular formula is C38H35N2OPtS-. The van der Waals surface area contributed by atoms with Crippen LogP contribution in [-0.4, -0.2) is 15.1 Å². The van der Waals surface area contributed by atoms with Gasteiger partial charge in [0.15, 0.2) is 0 Å². The fourth-order valence-electron chi connectivity index (χ4n) is 5.14. The number of hydrogen-bond acceptors (Lipinski definition) is 4. The van der Waals surface area contributed by atoms with Gasteiger partial charge in [0.05, 0.1) is 11.1 Å². The van der Waals surface area contributed by atoms with Crippen molar-refractivity contribution in [3.8, 4) is 49.8 Å². The molecule has 0 spiro atoms. The van der Waals surface area contributed by atoms with Crippen LogP contribution in [0.25, 0.3) is 54.3 Å². The molecule has 0 unspecified atom stereocenters. The molecule has 5 heteroatoms. The first-order chi connectivity index (χ1) is 20.0. The van der Waals surface area contributed by atoms with Crippen LogP contribution >= 0.6 is 11.3 Å². The molecule has 0 aliphatic heterocycles. The van der Waals surface area contributed by atoms with Gasteiger partial charge in [0, 0.05) is 37.7 Å². The summed E-state index contributed by atoms with van der Waals surface area (Å²) in [5.41, 5.74) is 10.4. The molecule has 0 aliphatic carbocycles. The van der Waals surface area contributed by atoms with Crippen LogP contribution in [0.5, 0.6) is 5.75 Å². The van der Waals surface area contributed by atoms with E-state index in [1.807, 2.05) is 42.6 Å². The van der Waals surface area contributed by atoms with E-state index in [1.54, 1.807) is 17.4 Å². The number of fused-ring (bicyclic) bond motifs is 1. The maximum absolute atomic E-state index is 10.5. The van der Waals surface area contributed by atoms with Crippen LogP contribution in [0.15, 0.2) is 97.2 Å². The van der Waals surface area contributed by atoms with Gasteiger partial charge >= 0.3 is 0 Å². The molecule has 0 bridgehead atoms. The van der Waals surface area contributed by atoms with Crippen LogP contribution in [0.3, 0.4) is 0 Å². The maximum Gasteiger partial charge on any atom is 0.127 e. The van der Waals surface area contributed by atoms with Crippen molar-refractivity contribution >= 4 is 21.6 Å². The van der Waals surface area contributed by atoms with Crippen molar-refractivity contribution in [2.45, 2.75) is 52.4 Å². The summed E-state index contributed by atoms with van der Waals surface area (Å²) in [6.45, 7) is 13.6. The second kappa shape index (κ2) is 11.8. The van der Waals surface area contributed by atoms with E-state index in [9.17, 15) is 5.11 Å². The van der Waals surface area contributed by atoms with Crippen molar-refractivity contribution in [1.82, 2.24) is 9.97 Å². The van der Waals surface area contributed by atoms with Gasteiger partial charge in [-0.25, -0.2) is 4.98 Å². The molecule has 6 rings (SSSR count). The number of pyridine rings is 1. The van der Waals surface area contributed by atoms with Crippen molar-refractivity contribution in [3.63, 3.8) is 0 Å². The number of phenolic OH excluding ortho intramolecular Hbond substituents is 1. The third-order valence-corrected chi connectivity index (χ3v) is 8.71. The largest absolute Gasteiger partial charge is 0.507 e. The molecule has 0 saturated carbocycles. The van der Waals surface area contributed by atoms with E-state index in [-0.39, 0.29) is 37.6 Å². The molecule has 2 heterocycles. The minimum atomic E-state index is 0. The van der Waals surface area contributed by atoms with Crippen LogP contribution in [0.2, 0.25) is 0 Å². The fourth-order valence-corrected chi connectivity index (χ4v) is 6.16. The average Bonchev–Trinajstić information content (AvgIpc) is 3.41. The molecule has 6 aromatic rings. The molecule has 2 aromatic heterocycles. The molecule has 4 aromatic carbocycles. The van der Waals surface area contributed by atoms with Gasteiger partial charge in [0.25, 0.3) is 0 Å². The van der Waals surface area contributed by atoms with E-state index in [1.165, 1.54) is 16.7 Å². The molecule has 1 N–H and O–H groups in total. The van der Waals surface area contributed by atoms with Gasteiger partial charge in [-0.3, -0.25) is 4.98 Å². The number of hydrogen-bond donors (Lipinski definition) is 1. The first-order valence-corrected chi connectivity index (χ1v) is 15.1. The van der Waals surface area contributed by atoms with Crippen LogP contribution in [0.1, 0.15) is 52.7 Å². The summed E-state index contributed by atoms with van der Waals surface area (Å²) in [5.74, 6) is 0.234. The van der Waals surface area contributed by atoms with E-state index < -0.39 is 0 Å². The summed E-state index contributed by atoms with van der Waals surface area (Å²) in [5, 5.41) is 11.3. The van der Waals surface area contributed by atoms with Gasteiger partial charge in [-0.2, -0.15) is 0 Å². The van der Waals surface area contributed by atoms with Gasteiger partial charge in [-0.15, -0.1) is 35.1 Å². The van der Waals surface area contributed by atoms with Crippen molar-refractivity contribution < 1.29 is 26.2 Å². The van der Waals surface area contributed by atoms with Gasteiger partial charge in [-0.05, 0) is 51.8 Å². The Hall–Kier alpha value is -3.59. The zero-order valence-corrected chi connectivity index (χ0v) is 28.4. The number of phenols is 1. The third kappa shape index (κ3) is 6.37. The van der Waals surface area contributed by atoms with Crippen molar-refractivity contribution in [2.24, 2.45) is 0 Å². The van der Waals surface area contributed by atoms with Crippen LogP contribution in [0.4, 0.5) is 0 Å². The fraction of sp³-hybridized carbons (Fsp3) is 0.211. The molecule has 0 atom stereocenters. The molecule has 220 valence electrons. The number of benzene rings is 4. The topological polar surface area (TPSA) is 46.0 Å². The maximum atomic E-state index is 10.5. The summed E-state index contributed by atoms with van der Waals surface area (Å²) in [6, 6.07) is 34.8. The average molecular weight is 763 g/mol. The number of aromatic nitrogens is 2. The molecule has 0 fully saturated rings. The van der Waals surface area contributed by atoms with Crippen molar-refractivity contribution in [1.29, 1.82) is 0 Å². The Morgan fingerprint density at radius 1 is 0.674 bits per heavy atom. The summed E-state index contributed by atoms with van der Waals surface area (Å²) in [7, 11) is 0. The normalized spacial score (nSPS) is 11.9. The molecule has 3 nitrogen and oxygen atoms in total. The van der Waals surface area contributed by atoms with Gasteiger partial charge in [-0.1, -0.05) is 113 Å². The molecule has 0 radical (unpaired) electrons. The predicted octanol–water partition coefficient (Wildman–Crippen LogP) is 10.5. The van der Waals surface area contributed by atoms with Crippen molar-refractivity contribution in [2.75, 3.05) is 0 Å². The summed E-state index contributed by atoms with van der Waals surface area (Å²) in [4.78, 5) is 9.72. The minimum Gasteiger partial charge on any atom is -0.507 e. The van der Waals surface area contributed by atoms with Crippen LogP contribution < -0.4 is 0 Å². The summed E-state index contributed by atoms with van der Waals surface area (Å²) < 4.78 is 1.06. The number of aromatic hydroxyl groups is 1. The molecule has 43 heavy (non-hydrogen) atoms. The van der Waals surface area contributed by atoms with Gasteiger partial charge < -0.3 is 5.11 Å². The summed E-state index contributed by atoms with van der Waals surface area (Å²) >= 11 is 1.59. The number of nitrogens with zero attached hydrogens (tertiary/aromatic N) is 2. The van der Waals surface area contributed by atoms with E-state index >= 15 is 0 Å². The number of para-hydroxylation sites is 2. The molecule has 0 amide bonds.